The molecule has 88 valence electrons. The van der Waals surface area contributed by atoms with Gasteiger partial charge >= 0.3 is 5.97 Å². The molecule has 2 N–H and O–H groups in total. The maximum absolute atomic E-state index is 11.2. The van der Waals surface area contributed by atoms with Crippen LogP contribution in [0.4, 0.5) is 0 Å². The van der Waals surface area contributed by atoms with Gasteiger partial charge in [-0.1, -0.05) is 13.0 Å². The Bertz CT molecular complexity index is 202. The Labute approximate surface area is 91.3 Å². The standard InChI is InChI=1S/C11H21NO3/c1-3-10(11(14)15-2)6-8-12-7-4-5-9-13/h6,12-13H,3-5,7-9H2,1-2H3. The number of nitrogens with one attached hydrogen (secondary N) is 1. The van der Waals surface area contributed by atoms with Crippen molar-refractivity contribution >= 4 is 5.97 Å². The molecule has 4 heteroatoms. The Kier molecular flexibility index (Phi) is 9.11. The number of aliphatic hydroxyl groups excluding tert-OH is 1. The summed E-state index contributed by atoms with van der Waals surface area (Å²) in [4.78, 5) is 11.2. The highest BCUT2D eigenvalue weighted by Crippen LogP contribution is 2.01. The number of carbonyl (C=O) groups is 1. The predicted octanol–water partition coefficient (Wildman–Crippen LogP) is 0.858. The highest BCUT2D eigenvalue weighted by atomic mass is 16.5. The van der Waals surface area contributed by atoms with Crippen LogP contribution in [0.3, 0.4) is 0 Å². The van der Waals surface area contributed by atoms with Gasteiger partial charge in [0.05, 0.1) is 7.11 Å². The van der Waals surface area contributed by atoms with Gasteiger partial charge in [-0.15, -0.1) is 0 Å². The quantitative estimate of drug-likeness (QED) is 0.358. The van der Waals surface area contributed by atoms with Crippen molar-refractivity contribution in [1.82, 2.24) is 5.32 Å². The molecule has 0 rings (SSSR count). The molecule has 0 atom stereocenters. The maximum Gasteiger partial charge on any atom is 0.333 e. The second-order valence-corrected chi connectivity index (χ2v) is 3.21. The van der Waals surface area contributed by atoms with Crippen molar-refractivity contribution in [3.63, 3.8) is 0 Å². The minimum Gasteiger partial charge on any atom is -0.466 e. The molecule has 15 heavy (non-hydrogen) atoms. The SMILES string of the molecule is CCC(=CCNCCCCO)C(=O)OC. The molecule has 4 nitrogen and oxygen atoms in total. The number of hydrogen-bond donors (Lipinski definition) is 2. The average Bonchev–Trinajstić information content (AvgIpc) is 2.27. The topological polar surface area (TPSA) is 58.6 Å². The molecule has 0 fully saturated rings. The van der Waals surface area contributed by atoms with Crippen molar-refractivity contribution in [2.75, 3.05) is 26.8 Å². The molecule has 0 aliphatic rings. The Hall–Kier alpha value is -0.870. The third-order valence-corrected chi connectivity index (χ3v) is 2.08. The summed E-state index contributed by atoms with van der Waals surface area (Å²) >= 11 is 0. The number of carbonyl (C=O) groups excluding carboxylic acids is 1. The van der Waals surface area contributed by atoms with Crippen LogP contribution in [0.15, 0.2) is 11.6 Å². The highest BCUT2D eigenvalue weighted by Gasteiger charge is 2.05. The van der Waals surface area contributed by atoms with E-state index >= 15 is 0 Å². The van der Waals surface area contributed by atoms with Crippen LogP contribution in [0.1, 0.15) is 26.2 Å². The maximum atomic E-state index is 11.2. The van der Waals surface area contributed by atoms with Gasteiger partial charge in [0.1, 0.15) is 0 Å². The number of ether oxygens (including phenoxy) is 1. The van der Waals surface area contributed by atoms with E-state index in [1.807, 2.05) is 13.0 Å². The van der Waals surface area contributed by atoms with Crippen molar-refractivity contribution in [2.45, 2.75) is 26.2 Å². The van der Waals surface area contributed by atoms with Crippen LogP contribution in [-0.2, 0) is 9.53 Å². The predicted molar refractivity (Wildman–Crippen MR) is 59.6 cm³/mol. The zero-order valence-electron chi connectivity index (χ0n) is 9.58. The first-order chi connectivity index (χ1) is 7.26. The molecule has 0 aromatic heterocycles. The first kappa shape index (κ1) is 14.1. The highest BCUT2D eigenvalue weighted by molar-refractivity contribution is 5.88. The van der Waals surface area contributed by atoms with Gasteiger partial charge < -0.3 is 15.2 Å². The fraction of sp³-hybridized carbons (Fsp3) is 0.727. The van der Waals surface area contributed by atoms with E-state index in [4.69, 9.17) is 5.11 Å². The van der Waals surface area contributed by atoms with Crippen molar-refractivity contribution in [1.29, 1.82) is 0 Å². The molecule has 0 aromatic rings. The number of aliphatic hydroxyl groups is 1. The lowest BCUT2D eigenvalue weighted by Gasteiger charge is -2.03. The third kappa shape index (κ3) is 7.11. The smallest absolute Gasteiger partial charge is 0.333 e. The first-order valence-electron chi connectivity index (χ1n) is 5.35. The normalized spacial score (nSPS) is 11.5. The second-order valence-electron chi connectivity index (χ2n) is 3.21. The summed E-state index contributed by atoms with van der Waals surface area (Å²) in [7, 11) is 1.39. The fourth-order valence-electron chi connectivity index (χ4n) is 1.16. The Morgan fingerprint density at radius 1 is 1.47 bits per heavy atom. The van der Waals surface area contributed by atoms with E-state index in [1.54, 1.807) is 0 Å². The lowest BCUT2D eigenvalue weighted by Crippen LogP contribution is -2.17. The van der Waals surface area contributed by atoms with E-state index in [-0.39, 0.29) is 12.6 Å². The number of unbranched alkanes of at least 4 members (excludes halogenated alkanes) is 1. The molecule has 0 amide bonds. The van der Waals surface area contributed by atoms with Gasteiger partial charge in [0.2, 0.25) is 0 Å². The summed E-state index contributed by atoms with van der Waals surface area (Å²) in [5.41, 5.74) is 0.701. The van der Waals surface area contributed by atoms with E-state index in [2.05, 4.69) is 10.1 Å². The lowest BCUT2D eigenvalue weighted by molar-refractivity contribution is -0.136. The Balaban J connectivity index is 3.67. The minimum atomic E-state index is -0.255. The summed E-state index contributed by atoms with van der Waals surface area (Å²) in [6.07, 6.45) is 4.30. The van der Waals surface area contributed by atoms with Crippen LogP contribution >= 0.6 is 0 Å². The van der Waals surface area contributed by atoms with E-state index in [9.17, 15) is 4.79 Å². The van der Waals surface area contributed by atoms with Crippen molar-refractivity contribution < 1.29 is 14.6 Å². The summed E-state index contributed by atoms with van der Waals surface area (Å²) in [5, 5.41) is 11.7. The van der Waals surface area contributed by atoms with Crippen molar-refractivity contribution in [3.8, 4) is 0 Å². The first-order valence-corrected chi connectivity index (χ1v) is 5.35. The molecular weight excluding hydrogens is 194 g/mol. The molecule has 0 unspecified atom stereocenters. The molecule has 0 bridgehead atoms. The van der Waals surface area contributed by atoms with Crippen LogP contribution in [0.5, 0.6) is 0 Å². The van der Waals surface area contributed by atoms with E-state index in [0.717, 1.165) is 19.4 Å². The summed E-state index contributed by atoms with van der Waals surface area (Å²) in [6, 6.07) is 0. The molecular formula is C11H21NO3. The molecule has 0 aromatic carbocycles. The van der Waals surface area contributed by atoms with Crippen molar-refractivity contribution in [3.05, 3.63) is 11.6 Å². The van der Waals surface area contributed by atoms with Crippen LogP contribution in [-0.4, -0.2) is 37.9 Å². The van der Waals surface area contributed by atoms with E-state index in [1.165, 1.54) is 7.11 Å². The van der Waals surface area contributed by atoms with Crippen molar-refractivity contribution in [2.24, 2.45) is 0 Å². The van der Waals surface area contributed by atoms with Crippen LogP contribution in [0.25, 0.3) is 0 Å². The summed E-state index contributed by atoms with van der Waals surface area (Å²) in [6.45, 7) is 3.69. The van der Waals surface area contributed by atoms with Gasteiger partial charge in [0, 0.05) is 18.7 Å². The van der Waals surface area contributed by atoms with Gasteiger partial charge in [0.15, 0.2) is 0 Å². The van der Waals surface area contributed by atoms with Gasteiger partial charge in [-0.2, -0.15) is 0 Å². The molecule has 0 saturated carbocycles. The fourth-order valence-corrected chi connectivity index (χ4v) is 1.16. The van der Waals surface area contributed by atoms with E-state index in [0.29, 0.717) is 18.5 Å². The summed E-state index contributed by atoms with van der Waals surface area (Å²) < 4.78 is 4.63. The van der Waals surface area contributed by atoms with Gasteiger partial charge in [-0.25, -0.2) is 4.79 Å². The van der Waals surface area contributed by atoms with Gasteiger partial charge in [-0.05, 0) is 25.8 Å². The molecule has 0 saturated heterocycles. The lowest BCUT2D eigenvalue weighted by atomic mass is 10.2. The molecule has 0 aliphatic carbocycles. The average molecular weight is 215 g/mol. The zero-order valence-corrected chi connectivity index (χ0v) is 9.58. The number of esters is 1. The molecule has 0 heterocycles. The van der Waals surface area contributed by atoms with Gasteiger partial charge in [0.25, 0.3) is 0 Å². The largest absolute Gasteiger partial charge is 0.466 e. The Morgan fingerprint density at radius 2 is 2.20 bits per heavy atom. The number of methoxy groups -OCH3 is 1. The molecule has 0 spiro atoms. The third-order valence-electron chi connectivity index (χ3n) is 2.08. The minimum absolute atomic E-state index is 0.236. The number of hydrogen-bond acceptors (Lipinski definition) is 4. The summed E-state index contributed by atoms with van der Waals surface area (Å²) in [5.74, 6) is -0.255. The molecule has 0 radical (unpaired) electrons. The molecule has 0 aliphatic heterocycles. The second kappa shape index (κ2) is 9.68. The van der Waals surface area contributed by atoms with Crippen LogP contribution in [0, 0.1) is 0 Å². The van der Waals surface area contributed by atoms with Crippen LogP contribution in [0.2, 0.25) is 0 Å². The number of rotatable bonds is 8. The van der Waals surface area contributed by atoms with Gasteiger partial charge in [-0.3, -0.25) is 0 Å². The van der Waals surface area contributed by atoms with Crippen LogP contribution < -0.4 is 5.32 Å². The monoisotopic (exact) mass is 215 g/mol. The Morgan fingerprint density at radius 3 is 2.73 bits per heavy atom. The van der Waals surface area contributed by atoms with E-state index < -0.39 is 0 Å². The zero-order chi connectivity index (χ0) is 11.5.